The van der Waals surface area contributed by atoms with Crippen LogP contribution < -0.4 is 14.4 Å². The molecule has 0 radical (unpaired) electrons. The van der Waals surface area contributed by atoms with Crippen LogP contribution in [0.15, 0.2) is 36.1 Å². The maximum Gasteiger partial charge on any atom is 0.400 e. The summed E-state index contributed by atoms with van der Waals surface area (Å²) in [6, 6.07) is 1.27. The number of allylic oxidation sites excluding steroid dienone is 3. The largest absolute Gasteiger partial charge is 0.471 e. The van der Waals surface area contributed by atoms with Crippen molar-refractivity contribution in [2.45, 2.75) is 44.7 Å². The van der Waals surface area contributed by atoms with E-state index in [2.05, 4.69) is 10.3 Å². The molecule has 0 fully saturated rings. The van der Waals surface area contributed by atoms with Gasteiger partial charge >= 0.3 is 6.18 Å². The van der Waals surface area contributed by atoms with Crippen molar-refractivity contribution in [1.29, 1.82) is 0 Å². The highest BCUT2D eigenvalue weighted by Gasteiger charge is 2.42. The highest BCUT2D eigenvalue weighted by Crippen LogP contribution is 2.38. The Morgan fingerprint density at radius 3 is 2.73 bits per heavy atom. The van der Waals surface area contributed by atoms with Gasteiger partial charge in [-0.1, -0.05) is 23.8 Å². The molecule has 2 heterocycles. The van der Waals surface area contributed by atoms with Crippen molar-refractivity contribution in [3.8, 4) is 5.88 Å². The lowest BCUT2D eigenvalue weighted by Crippen LogP contribution is -2.46. The first-order valence-corrected chi connectivity index (χ1v) is 10.8. The number of sulfonamides is 1. The number of carbonyl (C=O) groups is 1. The predicted octanol–water partition coefficient (Wildman–Crippen LogP) is 3.41. The lowest BCUT2D eigenvalue weighted by molar-refractivity contribution is -0.175. The number of amides is 1. The lowest BCUT2D eigenvalue weighted by Gasteiger charge is -2.35. The molecule has 1 aromatic heterocycles. The van der Waals surface area contributed by atoms with E-state index in [1.54, 1.807) is 19.1 Å². The summed E-state index contributed by atoms with van der Waals surface area (Å²) in [5.41, 5.74) is 0.933. The quantitative estimate of drug-likeness (QED) is 0.767. The normalized spacial score (nSPS) is 22.6. The number of carbonyl (C=O) groups excluding carboxylic acids is 1. The van der Waals surface area contributed by atoms with E-state index in [0.29, 0.717) is 6.42 Å². The van der Waals surface area contributed by atoms with E-state index in [1.807, 2.05) is 13.0 Å². The molecule has 0 aromatic carbocycles. The number of hydrogen-bond acceptors (Lipinski definition) is 5. The first-order valence-electron chi connectivity index (χ1n) is 9.29. The zero-order chi connectivity index (χ0) is 22.3. The summed E-state index contributed by atoms with van der Waals surface area (Å²) in [6.07, 6.45) is 1.39. The molecule has 1 amide bonds. The minimum absolute atomic E-state index is 0.0144. The van der Waals surface area contributed by atoms with Gasteiger partial charge in [-0.2, -0.15) is 13.2 Å². The first kappa shape index (κ1) is 22.1. The number of nitrogens with zero attached hydrogens (tertiary/aromatic N) is 2. The Morgan fingerprint density at radius 2 is 2.10 bits per heavy atom. The van der Waals surface area contributed by atoms with E-state index in [0.717, 1.165) is 23.0 Å². The third-order valence-electron chi connectivity index (χ3n) is 4.91. The van der Waals surface area contributed by atoms with Crippen LogP contribution in [0.25, 0.3) is 0 Å². The van der Waals surface area contributed by atoms with Gasteiger partial charge < -0.3 is 10.1 Å². The highest BCUT2D eigenvalue weighted by atomic mass is 32.2. The Morgan fingerprint density at radius 1 is 1.40 bits per heavy atom. The van der Waals surface area contributed by atoms with Crippen LogP contribution in [0.5, 0.6) is 5.88 Å². The third kappa shape index (κ3) is 4.45. The number of nitrogens with one attached hydrogen (secondary N) is 1. The molecule has 0 saturated carbocycles. The van der Waals surface area contributed by atoms with Crippen LogP contribution in [-0.2, 0) is 14.8 Å². The van der Waals surface area contributed by atoms with Gasteiger partial charge in [-0.25, -0.2) is 13.4 Å². The summed E-state index contributed by atoms with van der Waals surface area (Å²) in [5, 5.41) is 1.36. The molecule has 1 aliphatic carbocycles. The third-order valence-corrected chi connectivity index (χ3v) is 6.96. The van der Waals surface area contributed by atoms with Crippen LogP contribution in [-0.4, -0.2) is 43.4 Å². The summed E-state index contributed by atoms with van der Waals surface area (Å²) in [6.45, 7) is 4.28. The Bertz CT molecular complexity index is 1000. The molecule has 3 atom stereocenters. The summed E-state index contributed by atoms with van der Waals surface area (Å²) in [4.78, 5) is 15.9. The zero-order valence-corrected chi connectivity index (χ0v) is 17.4. The number of alkyl halides is 3. The topological polar surface area (TPSA) is 88.6 Å². The molecule has 1 aromatic rings. The van der Waals surface area contributed by atoms with Crippen molar-refractivity contribution >= 4 is 27.3 Å². The number of pyridine rings is 1. The number of ether oxygens (including phenoxy) is 1. The van der Waals surface area contributed by atoms with Gasteiger partial charge in [0.2, 0.25) is 21.8 Å². The Hall–Kier alpha value is -2.56. The monoisotopic (exact) mass is 445 g/mol. The van der Waals surface area contributed by atoms with Gasteiger partial charge in [0.15, 0.2) is 0 Å². The average molecular weight is 445 g/mol. The Kier molecular flexibility index (Phi) is 5.85. The van der Waals surface area contributed by atoms with Gasteiger partial charge in [-0.05, 0) is 33.3 Å². The van der Waals surface area contributed by atoms with Crippen molar-refractivity contribution in [1.82, 2.24) is 4.98 Å². The number of fused-ring (bicyclic) bond motifs is 1. The number of rotatable bonds is 4. The molecule has 30 heavy (non-hydrogen) atoms. The second kappa shape index (κ2) is 7.93. The molecule has 0 spiro atoms. The van der Waals surface area contributed by atoms with Gasteiger partial charge in [0.05, 0.1) is 18.4 Å². The van der Waals surface area contributed by atoms with E-state index < -0.39 is 39.4 Å². The molecule has 164 valence electrons. The Labute approximate surface area is 172 Å². The molecule has 1 N–H and O–H groups in total. The molecular formula is C19H22F3N3O4S. The van der Waals surface area contributed by atoms with Crippen molar-refractivity contribution < 1.29 is 31.1 Å². The predicted molar refractivity (Wildman–Crippen MR) is 106 cm³/mol. The molecule has 1 aliphatic heterocycles. The van der Waals surface area contributed by atoms with Crippen LogP contribution in [0, 0.1) is 5.92 Å². The lowest BCUT2D eigenvalue weighted by atomic mass is 10.1. The minimum atomic E-state index is -4.70. The SMILES string of the molecule is CC1=CC=CC(S(=O)(=O)N2C[C@H](C)Oc3ncc(NC(=O)C(C)C(F)(F)F)cc32)C1. The van der Waals surface area contributed by atoms with Crippen LogP contribution >= 0.6 is 0 Å². The van der Waals surface area contributed by atoms with E-state index in [4.69, 9.17) is 4.74 Å². The fraction of sp³-hybridized carbons (Fsp3) is 0.474. The fourth-order valence-electron chi connectivity index (χ4n) is 3.14. The first-order chi connectivity index (χ1) is 13.9. The van der Waals surface area contributed by atoms with Crippen LogP contribution in [0.2, 0.25) is 0 Å². The van der Waals surface area contributed by atoms with Gasteiger partial charge in [0, 0.05) is 0 Å². The number of halogens is 3. The average Bonchev–Trinajstić information content (AvgIpc) is 2.66. The number of hydrogen-bond donors (Lipinski definition) is 1. The van der Waals surface area contributed by atoms with Gasteiger partial charge in [0.25, 0.3) is 0 Å². The van der Waals surface area contributed by atoms with Gasteiger partial charge in [-0.15, -0.1) is 0 Å². The number of anilines is 2. The minimum Gasteiger partial charge on any atom is -0.471 e. The van der Waals surface area contributed by atoms with Crippen molar-refractivity contribution in [2.24, 2.45) is 5.92 Å². The Balaban J connectivity index is 1.93. The van der Waals surface area contributed by atoms with E-state index >= 15 is 0 Å². The van der Waals surface area contributed by atoms with Crippen molar-refractivity contribution in [3.05, 3.63) is 36.1 Å². The summed E-state index contributed by atoms with van der Waals surface area (Å²) in [5.74, 6) is -3.46. The van der Waals surface area contributed by atoms with Crippen molar-refractivity contribution in [2.75, 3.05) is 16.2 Å². The maximum atomic E-state index is 13.3. The molecule has 3 rings (SSSR count). The van der Waals surface area contributed by atoms with Gasteiger partial charge in [-0.3, -0.25) is 9.10 Å². The zero-order valence-electron chi connectivity index (χ0n) is 16.6. The highest BCUT2D eigenvalue weighted by molar-refractivity contribution is 7.93. The molecule has 2 aliphatic rings. The van der Waals surface area contributed by atoms with Gasteiger partial charge in [0.1, 0.15) is 23.0 Å². The summed E-state index contributed by atoms with van der Waals surface area (Å²) >= 11 is 0. The van der Waals surface area contributed by atoms with Crippen LogP contribution in [0.1, 0.15) is 27.2 Å². The van der Waals surface area contributed by atoms with Crippen LogP contribution in [0.3, 0.4) is 0 Å². The van der Waals surface area contributed by atoms with Crippen LogP contribution in [0.4, 0.5) is 24.5 Å². The standard InChI is InChI=1S/C19H22F3N3O4S/c1-11-5-4-6-15(7-11)30(27,28)25-10-12(2)29-18-16(25)8-14(9-23-18)24-17(26)13(3)19(20,21)22/h4-6,8-9,12-13,15H,7,10H2,1-3H3,(H,24,26)/t12-,13?,15?/m0/s1. The fourth-order valence-corrected chi connectivity index (χ4v) is 5.06. The molecular weight excluding hydrogens is 423 g/mol. The maximum absolute atomic E-state index is 13.3. The van der Waals surface area contributed by atoms with E-state index in [-0.39, 0.29) is 23.8 Å². The second-order valence-electron chi connectivity index (χ2n) is 7.45. The molecule has 2 unspecified atom stereocenters. The summed E-state index contributed by atoms with van der Waals surface area (Å²) in [7, 11) is -3.86. The molecule has 11 heteroatoms. The smallest absolute Gasteiger partial charge is 0.400 e. The van der Waals surface area contributed by atoms with E-state index in [1.165, 1.54) is 6.07 Å². The van der Waals surface area contributed by atoms with Crippen molar-refractivity contribution in [3.63, 3.8) is 0 Å². The summed E-state index contributed by atoms with van der Waals surface area (Å²) < 4.78 is 71.7. The molecule has 7 nitrogen and oxygen atoms in total. The van der Waals surface area contributed by atoms with E-state index in [9.17, 15) is 26.4 Å². The second-order valence-corrected chi connectivity index (χ2v) is 9.52. The molecule has 0 bridgehead atoms. The molecule has 0 saturated heterocycles. The number of aromatic nitrogens is 1.